The molecule has 1 unspecified atom stereocenters. The molecule has 0 spiro atoms. The van der Waals surface area contributed by atoms with Gasteiger partial charge < -0.3 is 0 Å². The molecule has 0 saturated heterocycles. The van der Waals surface area contributed by atoms with Crippen molar-refractivity contribution < 1.29 is 14.8 Å². The van der Waals surface area contributed by atoms with Crippen LogP contribution in [0.3, 0.4) is 0 Å². The molecule has 0 aromatic heterocycles. The largest absolute Gasteiger partial charge is 0.270 e. The Hall–Kier alpha value is -2.76. The monoisotopic (exact) mass is 377 g/mol. The maximum atomic E-state index is 12.8. The van der Waals surface area contributed by atoms with Crippen molar-refractivity contribution in [1.82, 2.24) is 9.96 Å². The second-order valence-electron chi connectivity index (χ2n) is 7.02. The Bertz CT molecular complexity index is 800. The van der Waals surface area contributed by atoms with Gasteiger partial charge in [-0.2, -0.15) is 5.06 Å². The van der Waals surface area contributed by atoms with Gasteiger partial charge in [-0.15, -0.1) is 11.8 Å². The van der Waals surface area contributed by atoms with Gasteiger partial charge in [0.15, 0.2) is 0 Å². The van der Waals surface area contributed by atoms with E-state index in [9.17, 15) is 14.8 Å². The molecular weight excluding hydrogens is 352 g/mol. The Balaban J connectivity index is 1.63. The fourth-order valence-corrected chi connectivity index (χ4v) is 3.58. The number of hydrogen-bond donors (Lipinski definition) is 0. The number of rotatable bonds is 10. The lowest BCUT2D eigenvalue weighted by molar-refractivity contribution is -0.164. The molecule has 5 heteroatoms. The average Bonchev–Trinajstić information content (AvgIpc) is 2.97. The van der Waals surface area contributed by atoms with E-state index < -0.39 is 6.04 Å². The molecule has 2 aromatic rings. The maximum absolute atomic E-state index is 12.8. The molecule has 28 heavy (non-hydrogen) atoms. The van der Waals surface area contributed by atoms with E-state index in [1.807, 2.05) is 30.3 Å². The maximum Gasteiger partial charge on any atom is 0.261 e. The van der Waals surface area contributed by atoms with Crippen LogP contribution < -0.4 is 0 Å². The van der Waals surface area contributed by atoms with E-state index >= 15 is 0 Å². The van der Waals surface area contributed by atoms with Crippen LogP contribution >= 0.6 is 0 Å². The molecule has 1 aliphatic heterocycles. The quantitative estimate of drug-likeness (QED) is 0.358. The smallest absolute Gasteiger partial charge is 0.261 e. The zero-order chi connectivity index (χ0) is 19.9. The first-order valence-corrected chi connectivity index (χ1v) is 9.65. The number of benzene rings is 2. The summed E-state index contributed by atoms with van der Waals surface area (Å²) in [6.45, 7) is 4.20. The van der Waals surface area contributed by atoms with Crippen molar-refractivity contribution in [3.8, 4) is 0 Å². The molecule has 0 N–H and O–H groups in total. The summed E-state index contributed by atoms with van der Waals surface area (Å²) < 4.78 is 0. The van der Waals surface area contributed by atoms with Crippen LogP contribution in [0.2, 0.25) is 0 Å². The van der Waals surface area contributed by atoms with E-state index in [2.05, 4.69) is 6.58 Å². The van der Waals surface area contributed by atoms with Gasteiger partial charge in [0.2, 0.25) is 0 Å². The first-order chi connectivity index (χ1) is 13.6. The van der Waals surface area contributed by atoms with Gasteiger partial charge in [-0.05, 0) is 43.4 Å². The van der Waals surface area contributed by atoms with Crippen LogP contribution in [-0.2, 0) is 11.6 Å². The molecule has 1 radical (unpaired) electrons. The number of nitrogens with zero attached hydrogens (tertiary/aromatic N) is 2. The summed E-state index contributed by atoms with van der Waals surface area (Å²) in [7, 11) is 0. The first-order valence-electron chi connectivity index (χ1n) is 9.65. The number of amides is 2. The van der Waals surface area contributed by atoms with Gasteiger partial charge in [0.05, 0.1) is 17.2 Å². The average molecular weight is 377 g/mol. The number of hydroxylamine groups is 2. The van der Waals surface area contributed by atoms with Crippen molar-refractivity contribution >= 4 is 11.8 Å². The third-order valence-electron chi connectivity index (χ3n) is 5.02. The van der Waals surface area contributed by atoms with Crippen LogP contribution in [0.1, 0.15) is 45.5 Å². The zero-order valence-electron chi connectivity index (χ0n) is 15.9. The van der Waals surface area contributed by atoms with Gasteiger partial charge in [-0.1, -0.05) is 48.5 Å². The van der Waals surface area contributed by atoms with Gasteiger partial charge >= 0.3 is 0 Å². The molecule has 1 aliphatic rings. The number of carbonyl (C=O) groups excluding carboxylic acids is 2. The van der Waals surface area contributed by atoms with Gasteiger partial charge in [0.1, 0.15) is 0 Å². The molecule has 145 valence electrons. The normalized spacial score (nSPS) is 14.4. The summed E-state index contributed by atoms with van der Waals surface area (Å²) in [4.78, 5) is 26.8. The van der Waals surface area contributed by atoms with Gasteiger partial charge in [0, 0.05) is 13.1 Å². The van der Waals surface area contributed by atoms with E-state index in [1.165, 1.54) is 10.5 Å². The molecule has 0 saturated carbocycles. The topological polar surface area (TPSA) is 60.5 Å². The third kappa shape index (κ3) is 4.55. The standard InChI is InChI=1S/C23H25N2O3/c1-2-3-13-19(17-24(28)16-9-12-18-10-5-4-6-11-18)25-22(26)20-14-7-8-15-21(20)23(25)27/h2,4-8,10-11,14-15,19H,1,3,9,12-13,16-17H2. The van der Waals surface area contributed by atoms with Crippen molar-refractivity contribution in [3.05, 3.63) is 83.9 Å². The summed E-state index contributed by atoms with van der Waals surface area (Å²) in [6.07, 6.45) is 4.46. The van der Waals surface area contributed by atoms with Crippen LogP contribution in [-0.4, -0.2) is 40.9 Å². The Morgan fingerprint density at radius 2 is 1.57 bits per heavy atom. The molecule has 2 amide bonds. The number of carbonyl (C=O) groups is 2. The van der Waals surface area contributed by atoms with Crippen LogP contribution in [0.25, 0.3) is 0 Å². The molecule has 0 aliphatic carbocycles. The minimum absolute atomic E-state index is 0.119. The van der Waals surface area contributed by atoms with E-state index in [-0.39, 0.29) is 18.4 Å². The van der Waals surface area contributed by atoms with Crippen molar-refractivity contribution in [2.24, 2.45) is 0 Å². The van der Waals surface area contributed by atoms with E-state index in [4.69, 9.17) is 0 Å². The second-order valence-corrected chi connectivity index (χ2v) is 7.02. The highest BCUT2D eigenvalue weighted by molar-refractivity contribution is 6.21. The van der Waals surface area contributed by atoms with Crippen LogP contribution in [0.15, 0.2) is 67.3 Å². The number of fused-ring (bicyclic) bond motifs is 1. The van der Waals surface area contributed by atoms with Crippen LogP contribution in [0.5, 0.6) is 0 Å². The molecule has 0 fully saturated rings. The first kappa shape index (κ1) is 20.0. The second kappa shape index (κ2) is 9.44. The van der Waals surface area contributed by atoms with Crippen molar-refractivity contribution in [2.75, 3.05) is 13.1 Å². The summed E-state index contributed by atoms with van der Waals surface area (Å²) in [5.74, 6) is -0.625. The minimum Gasteiger partial charge on any atom is -0.270 e. The lowest BCUT2D eigenvalue weighted by atomic mass is 10.1. The van der Waals surface area contributed by atoms with Crippen LogP contribution in [0.4, 0.5) is 0 Å². The SMILES string of the molecule is C=CCCC(CN([O])CCCc1ccccc1)N1C(=O)c2ccccc2C1=O. The third-order valence-corrected chi connectivity index (χ3v) is 5.02. The van der Waals surface area contributed by atoms with Gasteiger partial charge in [-0.3, -0.25) is 14.5 Å². The number of imide groups is 1. The molecular formula is C23H25N2O3. The predicted molar refractivity (Wildman–Crippen MR) is 107 cm³/mol. The Morgan fingerprint density at radius 1 is 0.964 bits per heavy atom. The van der Waals surface area contributed by atoms with Gasteiger partial charge in [-0.25, -0.2) is 0 Å². The van der Waals surface area contributed by atoms with E-state index in [0.29, 0.717) is 30.5 Å². The van der Waals surface area contributed by atoms with Gasteiger partial charge in [0.25, 0.3) is 11.8 Å². The van der Waals surface area contributed by atoms with E-state index in [1.54, 1.807) is 30.3 Å². The minimum atomic E-state index is -0.459. The predicted octanol–water partition coefficient (Wildman–Crippen LogP) is 3.90. The highest BCUT2D eigenvalue weighted by Gasteiger charge is 2.39. The zero-order valence-corrected chi connectivity index (χ0v) is 15.9. The number of hydrogen-bond acceptors (Lipinski definition) is 3. The van der Waals surface area contributed by atoms with Crippen LogP contribution in [0, 0.1) is 0 Å². The highest BCUT2D eigenvalue weighted by Crippen LogP contribution is 2.26. The Labute approximate surface area is 165 Å². The lowest BCUT2D eigenvalue weighted by Gasteiger charge is -2.28. The molecule has 1 heterocycles. The summed E-state index contributed by atoms with van der Waals surface area (Å²) in [6, 6.07) is 16.4. The van der Waals surface area contributed by atoms with Crippen molar-refractivity contribution in [1.29, 1.82) is 0 Å². The molecule has 0 bridgehead atoms. The van der Waals surface area contributed by atoms with E-state index in [0.717, 1.165) is 17.9 Å². The molecule has 2 aromatic carbocycles. The number of allylic oxidation sites excluding steroid dienone is 1. The molecule has 1 atom stereocenters. The fourth-order valence-electron chi connectivity index (χ4n) is 3.58. The van der Waals surface area contributed by atoms with Crippen molar-refractivity contribution in [3.63, 3.8) is 0 Å². The summed E-state index contributed by atoms with van der Waals surface area (Å²) in [5, 5.41) is 13.5. The number of aryl methyl sites for hydroxylation is 1. The van der Waals surface area contributed by atoms with Crippen molar-refractivity contribution in [2.45, 2.75) is 31.7 Å². The molecule has 5 nitrogen and oxygen atoms in total. The fraction of sp³-hybridized carbons (Fsp3) is 0.304. The highest BCUT2D eigenvalue weighted by atomic mass is 16.5. The summed E-state index contributed by atoms with van der Waals surface area (Å²) >= 11 is 0. The Morgan fingerprint density at radius 3 is 2.18 bits per heavy atom. The Kier molecular flexibility index (Phi) is 6.74. The summed E-state index contributed by atoms with van der Waals surface area (Å²) in [5.41, 5.74) is 2.02. The lowest BCUT2D eigenvalue weighted by Crippen LogP contribution is -2.46. The molecule has 3 rings (SSSR count).